The zero-order valence-electron chi connectivity index (χ0n) is 12.7. The van der Waals surface area contributed by atoms with Crippen molar-refractivity contribution >= 4 is 11.8 Å². The Morgan fingerprint density at radius 2 is 1.89 bits per heavy atom. The van der Waals surface area contributed by atoms with Gasteiger partial charge in [-0.1, -0.05) is 13.8 Å². The first-order valence-electron chi connectivity index (χ1n) is 7.73. The molecule has 1 heterocycles. The smallest absolute Gasteiger partial charge is 0.00704 e. The molecule has 0 saturated carbocycles. The second-order valence-corrected chi connectivity index (χ2v) is 7.01. The third-order valence-electron chi connectivity index (χ3n) is 4.23. The Morgan fingerprint density at radius 1 is 1.22 bits per heavy atom. The number of likely N-dealkylation sites (tertiary alicyclic amines) is 1. The molecule has 18 heavy (non-hydrogen) atoms. The van der Waals surface area contributed by atoms with Gasteiger partial charge in [-0.05, 0) is 70.2 Å². The number of nitrogens with zero attached hydrogens (tertiary/aromatic N) is 1. The summed E-state index contributed by atoms with van der Waals surface area (Å²) in [5.74, 6) is 3.43. The van der Waals surface area contributed by atoms with E-state index in [0.717, 1.165) is 5.92 Å². The van der Waals surface area contributed by atoms with E-state index < -0.39 is 0 Å². The predicted octanol–water partition coefficient (Wildman–Crippen LogP) is 3.23. The number of thioether (sulfide) groups is 1. The molecule has 0 radical (unpaired) electrons. The molecule has 1 saturated heterocycles. The molecule has 0 spiro atoms. The highest BCUT2D eigenvalue weighted by molar-refractivity contribution is 7.99. The Morgan fingerprint density at radius 3 is 2.44 bits per heavy atom. The number of hydrogen-bond donors (Lipinski definition) is 1. The standard InChI is InChI=1S/C15H32N2S/c1-5-17-10-7-15(8-11-17)14(4)16-13(3)9-12-18-6-2/h13-16H,5-12H2,1-4H3. The number of nitrogens with one attached hydrogen (secondary N) is 1. The van der Waals surface area contributed by atoms with E-state index in [4.69, 9.17) is 0 Å². The summed E-state index contributed by atoms with van der Waals surface area (Å²) in [5.41, 5.74) is 0. The summed E-state index contributed by atoms with van der Waals surface area (Å²) >= 11 is 2.06. The summed E-state index contributed by atoms with van der Waals surface area (Å²) in [6.07, 6.45) is 4.05. The normalized spacial score (nSPS) is 22.0. The van der Waals surface area contributed by atoms with Gasteiger partial charge in [-0.2, -0.15) is 11.8 Å². The van der Waals surface area contributed by atoms with Crippen molar-refractivity contribution in [1.82, 2.24) is 10.2 Å². The van der Waals surface area contributed by atoms with Crippen LogP contribution < -0.4 is 5.32 Å². The topological polar surface area (TPSA) is 15.3 Å². The molecule has 0 aromatic rings. The van der Waals surface area contributed by atoms with Gasteiger partial charge < -0.3 is 10.2 Å². The molecule has 1 fully saturated rings. The van der Waals surface area contributed by atoms with Crippen molar-refractivity contribution in [2.75, 3.05) is 31.1 Å². The molecule has 0 aliphatic carbocycles. The van der Waals surface area contributed by atoms with Gasteiger partial charge in [-0.15, -0.1) is 0 Å². The number of piperidine rings is 1. The number of rotatable bonds is 8. The van der Waals surface area contributed by atoms with Gasteiger partial charge in [0.05, 0.1) is 0 Å². The molecule has 0 amide bonds. The maximum atomic E-state index is 3.81. The lowest BCUT2D eigenvalue weighted by Crippen LogP contribution is -2.44. The van der Waals surface area contributed by atoms with Crippen LogP contribution in [0.15, 0.2) is 0 Å². The van der Waals surface area contributed by atoms with Crippen LogP contribution in [0, 0.1) is 5.92 Å². The van der Waals surface area contributed by atoms with E-state index in [0.29, 0.717) is 12.1 Å². The molecule has 0 aromatic heterocycles. The molecule has 3 heteroatoms. The first-order chi connectivity index (χ1) is 8.67. The van der Waals surface area contributed by atoms with Crippen molar-refractivity contribution in [2.45, 2.75) is 59.0 Å². The van der Waals surface area contributed by atoms with E-state index in [1.807, 2.05) is 0 Å². The van der Waals surface area contributed by atoms with Crippen LogP contribution in [0.2, 0.25) is 0 Å². The van der Waals surface area contributed by atoms with Gasteiger partial charge in [0, 0.05) is 12.1 Å². The van der Waals surface area contributed by atoms with Gasteiger partial charge >= 0.3 is 0 Å². The summed E-state index contributed by atoms with van der Waals surface area (Å²) < 4.78 is 0. The Labute approximate surface area is 118 Å². The third-order valence-corrected chi connectivity index (χ3v) is 5.17. The zero-order chi connectivity index (χ0) is 13.4. The van der Waals surface area contributed by atoms with E-state index in [-0.39, 0.29) is 0 Å². The predicted molar refractivity (Wildman–Crippen MR) is 84.5 cm³/mol. The van der Waals surface area contributed by atoms with Crippen LogP contribution in [-0.4, -0.2) is 48.1 Å². The Balaban J connectivity index is 2.17. The van der Waals surface area contributed by atoms with Crippen molar-refractivity contribution < 1.29 is 0 Å². The highest BCUT2D eigenvalue weighted by Gasteiger charge is 2.23. The maximum absolute atomic E-state index is 3.81. The largest absolute Gasteiger partial charge is 0.311 e. The van der Waals surface area contributed by atoms with Gasteiger partial charge in [0.2, 0.25) is 0 Å². The molecule has 108 valence electrons. The molecular weight excluding hydrogens is 240 g/mol. The first kappa shape index (κ1) is 16.3. The fraction of sp³-hybridized carbons (Fsp3) is 1.00. The Hall–Kier alpha value is 0.270. The van der Waals surface area contributed by atoms with Crippen LogP contribution in [-0.2, 0) is 0 Å². The van der Waals surface area contributed by atoms with E-state index >= 15 is 0 Å². The minimum absolute atomic E-state index is 0.670. The lowest BCUT2D eigenvalue weighted by Gasteiger charge is -2.35. The van der Waals surface area contributed by atoms with Crippen molar-refractivity contribution in [3.8, 4) is 0 Å². The molecule has 0 aromatic carbocycles. The molecule has 1 N–H and O–H groups in total. The molecule has 1 aliphatic heterocycles. The van der Waals surface area contributed by atoms with Gasteiger partial charge in [0.25, 0.3) is 0 Å². The summed E-state index contributed by atoms with van der Waals surface area (Å²) in [5, 5.41) is 3.81. The van der Waals surface area contributed by atoms with Crippen LogP contribution in [0.3, 0.4) is 0 Å². The Kier molecular flexibility index (Phi) is 8.36. The average Bonchev–Trinajstić information content (AvgIpc) is 2.39. The van der Waals surface area contributed by atoms with Gasteiger partial charge in [0.15, 0.2) is 0 Å². The molecule has 1 rings (SSSR count). The van der Waals surface area contributed by atoms with Gasteiger partial charge in [-0.25, -0.2) is 0 Å². The highest BCUT2D eigenvalue weighted by Crippen LogP contribution is 2.21. The molecular formula is C15H32N2S. The third kappa shape index (κ3) is 5.94. The van der Waals surface area contributed by atoms with Crippen LogP contribution in [0.1, 0.15) is 47.0 Å². The maximum Gasteiger partial charge on any atom is 0.00704 e. The van der Waals surface area contributed by atoms with Gasteiger partial charge in [-0.3, -0.25) is 0 Å². The van der Waals surface area contributed by atoms with Crippen molar-refractivity contribution in [2.24, 2.45) is 5.92 Å². The van der Waals surface area contributed by atoms with E-state index in [1.54, 1.807) is 0 Å². The fourth-order valence-electron chi connectivity index (χ4n) is 2.84. The quantitative estimate of drug-likeness (QED) is 0.683. The molecule has 0 bridgehead atoms. The molecule has 2 unspecified atom stereocenters. The van der Waals surface area contributed by atoms with Crippen LogP contribution in [0.5, 0.6) is 0 Å². The van der Waals surface area contributed by atoms with Crippen LogP contribution >= 0.6 is 11.8 Å². The number of hydrogen-bond acceptors (Lipinski definition) is 3. The van der Waals surface area contributed by atoms with Crippen molar-refractivity contribution in [3.05, 3.63) is 0 Å². The monoisotopic (exact) mass is 272 g/mol. The summed E-state index contributed by atoms with van der Waals surface area (Å²) in [6.45, 7) is 13.1. The first-order valence-corrected chi connectivity index (χ1v) is 8.89. The minimum atomic E-state index is 0.670. The summed E-state index contributed by atoms with van der Waals surface area (Å²) in [7, 11) is 0. The summed E-state index contributed by atoms with van der Waals surface area (Å²) in [4.78, 5) is 2.57. The molecule has 2 atom stereocenters. The van der Waals surface area contributed by atoms with E-state index in [2.05, 4.69) is 49.7 Å². The highest BCUT2D eigenvalue weighted by atomic mass is 32.2. The Bertz CT molecular complexity index is 203. The lowest BCUT2D eigenvalue weighted by molar-refractivity contribution is 0.165. The second-order valence-electron chi connectivity index (χ2n) is 5.61. The van der Waals surface area contributed by atoms with Crippen LogP contribution in [0.25, 0.3) is 0 Å². The molecule has 2 nitrogen and oxygen atoms in total. The van der Waals surface area contributed by atoms with Crippen LogP contribution in [0.4, 0.5) is 0 Å². The molecule has 1 aliphatic rings. The van der Waals surface area contributed by atoms with Gasteiger partial charge in [0.1, 0.15) is 0 Å². The van der Waals surface area contributed by atoms with E-state index in [9.17, 15) is 0 Å². The lowest BCUT2D eigenvalue weighted by atomic mass is 9.90. The van der Waals surface area contributed by atoms with Crippen molar-refractivity contribution in [3.63, 3.8) is 0 Å². The summed E-state index contributed by atoms with van der Waals surface area (Å²) in [6, 6.07) is 1.36. The SMILES string of the molecule is CCSCCC(C)NC(C)C1CCN(CC)CC1. The fourth-order valence-corrected chi connectivity index (χ4v) is 3.65. The second kappa shape index (κ2) is 9.22. The van der Waals surface area contributed by atoms with Crippen molar-refractivity contribution in [1.29, 1.82) is 0 Å². The van der Waals surface area contributed by atoms with E-state index in [1.165, 1.54) is 50.4 Å². The zero-order valence-corrected chi connectivity index (χ0v) is 13.6. The minimum Gasteiger partial charge on any atom is -0.311 e. The average molecular weight is 273 g/mol.